The van der Waals surface area contributed by atoms with E-state index >= 15 is 0 Å². The molecule has 9 heavy (non-hydrogen) atoms. The highest BCUT2D eigenvalue weighted by Crippen LogP contribution is 1.92. The maximum atomic E-state index is 5.37. The smallest absolute Gasteiger partial charge is 0.0503 e. The lowest BCUT2D eigenvalue weighted by Gasteiger charge is -2.07. The van der Waals surface area contributed by atoms with E-state index in [-0.39, 0.29) is 0 Å². The van der Waals surface area contributed by atoms with Crippen molar-refractivity contribution < 1.29 is 4.74 Å². The van der Waals surface area contributed by atoms with Crippen molar-refractivity contribution in [3.05, 3.63) is 0 Å². The van der Waals surface area contributed by atoms with Crippen LogP contribution < -0.4 is 5.73 Å². The van der Waals surface area contributed by atoms with Crippen LogP contribution in [0.1, 0.15) is 20.3 Å². The third-order valence-electron chi connectivity index (χ3n) is 1.15. The molecule has 1 unspecified atom stereocenters. The van der Waals surface area contributed by atoms with Crippen LogP contribution >= 0.6 is 0 Å². The number of nitrogens with two attached hydrogens (primary N) is 1. The first-order valence-corrected chi connectivity index (χ1v) is 3.59. The Morgan fingerprint density at radius 3 is 2.67 bits per heavy atom. The topological polar surface area (TPSA) is 35.2 Å². The van der Waals surface area contributed by atoms with E-state index in [1.807, 2.05) is 0 Å². The maximum Gasteiger partial charge on any atom is 0.0503 e. The summed E-state index contributed by atoms with van der Waals surface area (Å²) in [7, 11) is 0. The molecule has 1 atom stereocenters. The fourth-order valence-corrected chi connectivity index (χ4v) is 0.497. The van der Waals surface area contributed by atoms with Crippen LogP contribution in [0.3, 0.4) is 0 Å². The van der Waals surface area contributed by atoms with E-state index < -0.39 is 0 Å². The molecular weight excluding hydrogens is 114 g/mol. The third-order valence-corrected chi connectivity index (χ3v) is 1.15. The Morgan fingerprint density at radius 2 is 2.22 bits per heavy atom. The fourth-order valence-electron chi connectivity index (χ4n) is 0.497. The molecule has 0 spiro atoms. The zero-order chi connectivity index (χ0) is 7.11. The summed E-state index contributed by atoms with van der Waals surface area (Å²) in [5.41, 5.74) is 5.37. The van der Waals surface area contributed by atoms with E-state index in [9.17, 15) is 0 Å². The SMILES string of the molecule is CCCOCC(C)CN. The second kappa shape index (κ2) is 6.05. The highest BCUT2D eigenvalue weighted by molar-refractivity contribution is 4.48. The summed E-state index contributed by atoms with van der Waals surface area (Å²) in [6, 6.07) is 0. The summed E-state index contributed by atoms with van der Waals surface area (Å²) in [6.07, 6.45) is 1.09. The molecule has 0 fully saturated rings. The van der Waals surface area contributed by atoms with Gasteiger partial charge in [-0.05, 0) is 18.9 Å². The molecule has 2 heteroatoms. The van der Waals surface area contributed by atoms with Crippen molar-refractivity contribution in [2.45, 2.75) is 20.3 Å². The Morgan fingerprint density at radius 1 is 1.56 bits per heavy atom. The van der Waals surface area contributed by atoms with Crippen LogP contribution in [-0.2, 0) is 4.74 Å². The molecule has 0 bridgehead atoms. The molecule has 0 aromatic carbocycles. The van der Waals surface area contributed by atoms with Gasteiger partial charge in [0, 0.05) is 6.61 Å². The summed E-state index contributed by atoms with van der Waals surface area (Å²) in [5.74, 6) is 0.511. The zero-order valence-electron chi connectivity index (χ0n) is 6.39. The summed E-state index contributed by atoms with van der Waals surface area (Å²) >= 11 is 0. The minimum absolute atomic E-state index is 0.511. The Balaban J connectivity index is 2.88. The van der Waals surface area contributed by atoms with Crippen molar-refractivity contribution in [1.82, 2.24) is 0 Å². The van der Waals surface area contributed by atoms with Crippen LogP contribution in [0, 0.1) is 5.92 Å². The second-order valence-electron chi connectivity index (χ2n) is 2.42. The molecule has 2 nitrogen and oxygen atoms in total. The molecule has 0 saturated heterocycles. The van der Waals surface area contributed by atoms with E-state index in [4.69, 9.17) is 10.5 Å². The van der Waals surface area contributed by atoms with Crippen LogP contribution in [-0.4, -0.2) is 19.8 Å². The summed E-state index contributed by atoms with van der Waals surface area (Å²) in [5, 5.41) is 0. The molecule has 0 aliphatic rings. The van der Waals surface area contributed by atoms with Crippen LogP contribution in [0.2, 0.25) is 0 Å². The first-order chi connectivity index (χ1) is 4.31. The summed E-state index contributed by atoms with van der Waals surface area (Å²) < 4.78 is 5.26. The van der Waals surface area contributed by atoms with Crippen molar-refractivity contribution >= 4 is 0 Å². The Kier molecular flexibility index (Phi) is 5.99. The first kappa shape index (κ1) is 8.92. The normalized spacial score (nSPS) is 13.7. The zero-order valence-corrected chi connectivity index (χ0v) is 6.39. The van der Waals surface area contributed by atoms with Crippen LogP contribution in [0.15, 0.2) is 0 Å². The molecule has 0 aromatic rings. The highest BCUT2D eigenvalue weighted by atomic mass is 16.5. The van der Waals surface area contributed by atoms with E-state index in [1.165, 1.54) is 0 Å². The van der Waals surface area contributed by atoms with E-state index in [2.05, 4.69) is 13.8 Å². The van der Waals surface area contributed by atoms with Crippen molar-refractivity contribution in [3.8, 4) is 0 Å². The van der Waals surface area contributed by atoms with Gasteiger partial charge in [0.15, 0.2) is 0 Å². The number of hydrogen-bond donors (Lipinski definition) is 1. The molecule has 0 heterocycles. The molecular formula is C7H17NO. The fraction of sp³-hybridized carbons (Fsp3) is 1.00. The molecule has 0 saturated carbocycles. The molecule has 0 amide bonds. The van der Waals surface area contributed by atoms with Crippen LogP contribution in [0.4, 0.5) is 0 Å². The molecule has 0 aliphatic carbocycles. The quantitative estimate of drug-likeness (QED) is 0.565. The highest BCUT2D eigenvalue weighted by Gasteiger charge is 1.96. The maximum absolute atomic E-state index is 5.37. The van der Waals surface area contributed by atoms with Gasteiger partial charge in [0.05, 0.1) is 6.61 Å². The lowest BCUT2D eigenvalue weighted by Crippen LogP contribution is -2.16. The Bertz CT molecular complexity index is 56.9. The molecule has 0 aromatic heterocycles. The van der Waals surface area contributed by atoms with Gasteiger partial charge in [0.2, 0.25) is 0 Å². The van der Waals surface area contributed by atoms with Gasteiger partial charge in [-0.2, -0.15) is 0 Å². The van der Waals surface area contributed by atoms with Gasteiger partial charge >= 0.3 is 0 Å². The first-order valence-electron chi connectivity index (χ1n) is 3.59. The van der Waals surface area contributed by atoms with Gasteiger partial charge in [-0.3, -0.25) is 0 Å². The van der Waals surface area contributed by atoms with Gasteiger partial charge in [-0.25, -0.2) is 0 Å². The average molecular weight is 131 g/mol. The molecule has 0 aliphatic heterocycles. The third kappa shape index (κ3) is 5.80. The van der Waals surface area contributed by atoms with Gasteiger partial charge in [0.1, 0.15) is 0 Å². The lowest BCUT2D eigenvalue weighted by molar-refractivity contribution is 0.108. The van der Waals surface area contributed by atoms with E-state index in [0.717, 1.165) is 26.2 Å². The van der Waals surface area contributed by atoms with Crippen molar-refractivity contribution in [2.75, 3.05) is 19.8 Å². The monoisotopic (exact) mass is 131 g/mol. The van der Waals surface area contributed by atoms with Crippen LogP contribution in [0.5, 0.6) is 0 Å². The van der Waals surface area contributed by atoms with Crippen molar-refractivity contribution in [1.29, 1.82) is 0 Å². The number of ether oxygens (including phenoxy) is 1. The second-order valence-corrected chi connectivity index (χ2v) is 2.42. The Hall–Kier alpha value is -0.0800. The van der Waals surface area contributed by atoms with Gasteiger partial charge in [-0.15, -0.1) is 0 Å². The van der Waals surface area contributed by atoms with Crippen molar-refractivity contribution in [2.24, 2.45) is 11.7 Å². The predicted molar refractivity (Wildman–Crippen MR) is 39.3 cm³/mol. The Labute approximate surface area is 57.4 Å². The lowest BCUT2D eigenvalue weighted by atomic mass is 10.2. The van der Waals surface area contributed by atoms with Gasteiger partial charge in [0.25, 0.3) is 0 Å². The number of hydrogen-bond acceptors (Lipinski definition) is 2. The predicted octanol–water partition coefficient (Wildman–Crippen LogP) is 1.01. The van der Waals surface area contributed by atoms with Crippen LogP contribution in [0.25, 0.3) is 0 Å². The summed E-state index contributed by atoms with van der Waals surface area (Å²) in [6.45, 7) is 6.60. The van der Waals surface area contributed by atoms with E-state index in [1.54, 1.807) is 0 Å². The van der Waals surface area contributed by atoms with E-state index in [0.29, 0.717) is 5.92 Å². The largest absolute Gasteiger partial charge is 0.381 e. The van der Waals surface area contributed by atoms with Crippen molar-refractivity contribution in [3.63, 3.8) is 0 Å². The minimum Gasteiger partial charge on any atom is -0.381 e. The standard InChI is InChI=1S/C7H17NO/c1-3-4-9-6-7(2)5-8/h7H,3-6,8H2,1-2H3. The molecule has 0 rings (SSSR count). The molecule has 56 valence electrons. The average Bonchev–Trinajstić information content (AvgIpc) is 1.89. The summed E-state index contributed by atoms with van der Waals surface area (Å²) in [4.78, 5) is 0. The van der Waals surface area contributed by atoms with Gasteiger partial charge < -0.3 is 10.5 Å². The molecule has 2 N–H and O–H groups in total. The molecule has 0 radical (unpaired) electrons. The minimum atomic E-state index is 0.511. The van der Waals surface area contributed by atoms with Gasteiger partial charge in [-0.1, -0.05) is 13.8 Å². The number of rotatable bonds is 5.